The van der Waals surface area contributed by atoms with Gasteiger partial charge in [-0.15, -0.1) is 11.3 Å². The maximum absolute atomic E-state index is 10.4. The van der Waals surface area contributed by atoms with E-state index in [2.05, 4.69) is 41.5 Å². The summed E-state index contributed by atoms with van der Waals surface area (Å²) in [6.45, 7) is 2.12. The van der Waals surface area contributed by atoms with Crippen molar-refractivity contribution in [3.63, 3.8) is 0 Å². The van der Waals surface area contributed by atoms with Crippen LogP contribution in [0.15, 0.2) is 72.4 Å². The number of aliphatic hydroxyl groups excluding tert-OH is 1. The minimum atomic E-state index is -0.429. The molecule has 3 nitrogen and oxygen atoms in total. The third-order valence-electron chi connectivity index (χ3n) is 4.07. The molecule has 2 heterocycles. The Morgan fingerprint density at radius 1 is 1.00 bits per heavy atom. The molecule has 1 aromatic carbocycles. The Labute approximate surface area is 147 Å². The number of pyridine rings is 1. The van der Waals surface area contributed by atoms with Gasteiger partial charge in [0, 0.05) is 23.3 Å². The largest absolute Gasteiger partial charge is 0.388 e. The van der Waals surface area contributed by atoms with E-state index in [1.165, 1.54) is 11.1 Å². The average molecular weight is 338 g/mol. The molecule has 0 amide bonds. The van der Waals surface area contributed by atoms with E-state index in [1.54, 1.807) is 11.3 Å². The number of benzene rings is 1. The normalized spacial score (nSPS) is 14.9. The molecule has 3 aromatic rings. The molecule has 2 N–H and O–H groups in total. The van der Waals surface area contributed by atoms with Gasteiger partial charge in [0.25, 0.3) is 0 Å². The zero-order chi connectivity index (χ0) is 16.8. The topological polar surface area (TPSA) is 45.1 Å². The number of thiophene rings is 1. The molecule has 0 aliphatic rings. The van der Waals surface area contributed by atoms with Crippen molar-refractivity contribution in [1.82, 2.24) is 10.3 Å². The summed E-state index contributed by atoms with van der Waals surface area (Å²) in [6, 6.07) is 18.7. The number of rotatable bonds is 7. The van der Waals surface area contributed by atoms with E-state index in [-0.39, 0.29) is 12.1 Å². The molecule has 0 aliphatic carbocycles. The van der Waals surface area contributed by atoms with Gasteiger partial charge < -0.3 is 10.4 Å². The number of nitrogens with one attached hydrogen (secondary N) is 1. The summed E-state index contributed by atoms with van der Waals surface area (Å²) in [5.41, 5.74) is 2.38. The number of hydrogen-bond donors (Lipinski definition) is 2. The molecule has 2 aromatic heterocycles. The fourth-order valence-corrected chi connectivity index (χ4v) is 3.60. The Morgan fingerprint density at radius 2 is 1.71 bits per heavy atom. The van der Waals surface area contributed by atoms with Crippen LogP contribution in [0.2, 0.25) is 0 Å². The van der Waals surface area contributed by atoms with Crippen LogP contribution in [0.5, 0.6) is 0 Å². The van der Waals surface area contributed by atoms with E-state index in [9.17, 15) is 5.11 Å². The third kappa shape index (κ3) is 4.29. The lowest BCUT2D eigenvalue weighted by molar-refractivity contribution is 0.156. The lowest BCUT2D eigenvalue weighted by Crippen LogP contribution is -2.32. The van der Waals surface area contributed by atoms with Crippen molar-refractivity contribution >= 4 is 11.3 Å². The Hall–Kier alpha value is -2.01. The van der Waals surface area contributed by atoms with Gasteiger partial charge in [-0.3, -0.25) is 4.98 Å². The van der Waals surface area contributed by atoms with Crippen molar-refractivity contribution in [3.05, 3.63) is 88.4 Å². The summed E-state index contributed by atoms with van der Waals surface area (Å²) in [6.07, 6.45) is 3.88. The van der Waals surface area contributed by atoms with Crippen molar-refractivity contribution in [3.8, 4) is 0 Å². The van der Waals surface area contributed by atoms with Crippen LogP contribution in [0.4, 0.5) is 0 Å². The highest BCUT2D eigenvalue weighted by atomic mass is 32.1. The molecule has 0 saturated carbocycles. The molecule has 0 radical (unpaired) electrons. The second-order valence-electron chi connectivity index (χ2n) is 5.96. The van der Waals surface area contributed by atoms with Gasteiger partial charge >= 0.3 is 0 Å². The molecule has 0 saturated heterocycles. The van der Waals surface area contributed by atoms with Gasteiger partial charge in [-0.25, -0.2) is 0 Å². The first-order valence-electron chi connectivity index (χ1n) is 8.16. The highest BCUT2D eigenvalue weighted by molar-refractivity contribution is 7.10. The predicted molar refractivity (Wildman–Crippen MR) is 99.0 cm³/mol. The Bertz CT molecular complexity index is 676. The molecule has 3 unspecified atom stereocenters. The van der Waals surface area contributed by atoms with Crippen LogP contribution in [0.1, 0.15) is 41.5 Å². The first-order valence-corrected chi connectivity index (χ1v) is 9.04. The summed E-state index contributed by atoms with van der Waals surface area (Å²) in [4.78, 5) is 5.13. The average Bonchev–Trinajstić information content (AvgIpc) is 3.16. The number of aromatic nitrogens is 1. The zero-order valence-electron chi connectivity index (χ0n) is 13.7. The van der Waals surface area contributed by atoms with E-state index in [1.807, 2.05) is 48.1 Å². The minimum Gasteiger partial charge on any atom is -0.388 e. The fourth-order valence-electron chi connectivity index (χ4n) is 2.87. The van der Waals surface area contributed by atoms with Crippen LogP contribution < -0.4 is 5.32 Å². The molecule has 3 rings (SSSR count). The Kier molecular flexibility index (Phi) is 5.75. The molecular weight excluding hydrogens is 316 g/mol. The van der Waals surface area contributed by atoms with E-state index < -0.39 is 6.10 Å². The van der Waals surface area contributed by atoms with Crippen LogP contribution in [0, 0.1) is 0 Å². The predicted octanol–water partition coefficient (Wildman–Crippen LogP) is 4.33. The number of aliphatic hydroxyl groups is 1. The second kappa shape index (κ2) is 8.20. The van der Waals surface area contributed by atoms with Gasteiger partial charge in [-0.2, -0.15) is 0 Å². The van der Waals surface area contributed by atoms with Crippen LogP contribution in [-0.4, -0.2) is 16.1 Å². The van der Waals surface area contributed by atoms with Crippen LogP contribution in [-0.2, 0) is 0 Å². The van der Waals surface area contributed by atoms with Crippen LogP contribution in [0.3, 0.4) is 0 Å². The third-order valence-corrected chi connectivity index (χ3v) is 5.05. The van der Waals surface area contributed by atoms with Crippen molar-refractivity contribution in [1.29, 1.82) is 0 Å². The zero-order valence-corrected chi connectivity index (χ0v) is 14.5. The molecule has 4 heteroatoms. The van der Waals surface area contributed by atoms with Gasteiger partial charge in [0.15, 0.2) is 0 Å². The summed E-state index contributed by atoms with van der Waals surface area (Å²) in [7, 11) is 0. The highest BCUT2D eigenvalue weighted by Crippen LogP contribution is 2.26. The lowest BCUT2D eigenvalue weighted by atomic mass is 9.98. The van der Waals surface area contributed by atoms with Crippen molar-refractivity contribution < 1.29 is 5.11 Å². The molecule has 0 spiro atoms. The molecule has 0 fully saturated rings. The number of hydrogen-bond acceptors (Lipinski definition) is 4. The highest BCUT2D eigenvalue weighted by Gasteiger charge is 2.19. The van der Waals surface area contributed by atoms with Crippen LogP contribution in [0.25, 0.3) is 0 Å². The molecular formula is C20H22N2OS. The number of nitrogens with zero attached hydrogens (tertiary/aromatic N) is 1. The van der Waals surface area contributed by atoms with Gasteiger partial charge in [-0.05, 0) is 48.1 Å². The first-order chi connectivity index (χ1) is 11.7. The molecule has 24 heavy (non-hydrogen) atoms. The summed E-state index contributed by atoms with van der Waals surface area (Å²) < 4.78 is 0. The van der Waals surface area contributed by atoms with Crippen LogP contribution >= 0.6 is 11.3 Å². The lowest BCUT2D eigenvalue weighted by Gasteiger charge is -2.25. The van der Waals surface area contributed by atoms with Crippen molar-refractivity contribution in [2.75, 3.05) is 0 Å². The standard InChI is InChI=1S/C20H22N2OS/c1-15(14-18(23)19-8-5-13-24-19)22-20(16-6-3-2-4-7-16)17-9-11-21-12-10-17/h2-13,15,18,20,22-23H,14H2,1H3. The Balaban J connectivity index is 1.74. The van der Waals surface area contributed by atoms with E-state index >= 15 is 0 Å². The quantitative estimate of drug-likeness (QED) is 0.674. The molecule has 0 bridgehead atoms. The minimum absolute atomic E-state index is 0.0831. The summed E-state index contributed by atoms with van der Waals surface area (Å²) in [5.74, 6) is 0. The van der Waals surface area contributed by atoms with Crippen molar-refractivity contribution in [2.24, 2.45) is 0 Å². The van der Waals surface area contributed by atoms with Gasteiger partial charge in [0.2, 0.25) is 0 Å². The molecule has 124 valence electrons. The summed E-state index contributed by atoms with van der Waals surface area (Å²) in [5, 5.41) is 16.1. The maximum atomic E-state index is 10.4. The Morgan fingerprint density at radius 3 is 2.38 bits per heavy atom. The van der Waals surface area contributed by atoms with Crippen molar-refractivity contribution in [2.45, 2.75) is 31.5 Å². The van der Waals surface area contributed by atoms with E-state index in [0.717, 1.165) is 4.88 Å². The van der Waals surface area contributed by atoms with E-state index in [0.29, 0.717) is 6.42 Å². The maximum Gasteiger partial charge on any atom is 0.0896 e. The fraction of sp³-hybridized carbons (Fsp3) is 0.250. The van der Waals surface area contributed by atoms with Gasteiger partial charge in [0.1, 0.15) is 0 Å². The SMILES string of the molecule is CC(CC(O)c1cccs1)NC(c1ccccc1)c1ccncc1. The molecule has 3 atom stereocenters. The molecule has 0 aliphatic heterocycles. The van der Waals surface area contributed by atoms with Gasteiger partial charge in [0.05, 0.1) is 12.1 Å². The van der Waals surface area contributed by atoms with Gasteiger partial charge in [-0.1, -0.05) is 36.4 Å². The smallest absolute Gasteiger partial charge is 0.0896 e. The summed E-state index contributed by atoms with van der Waals surface area (Å²) >= 11 is 1.60. The monoisotopic (exact) mass is 338 g/mol. The first kappa shape index (κ1) is 16.8. The van der Waals surface area contributed by atoms with E-state index in [4.69, 9.17) is 0 Å². The second-order valence-corrected chi connectivity index (χ2v) is 6.94.